The van der Waals surface area contributed by atoms with Crippen molar-refractivity contribution in [1.29, 1.82) is 0 Å². The van der Waals surface area contributed by atoms with Gasteiger partial charge in [-0.2, -0.15) is 0 Å². The van der Waals surface area contributed by atoms with Crippen molar-refractivity contribution < 1.29 is 15.0 Å². The lowest BCUT2D eigenvalue weighted by molar-refractivity contribution is -0.385. The summed E-state index contributed by atoms with van der Waals surface area (Å²) in [7, 11) is 0. The fourth-order valence-corrected chi connectivity index (χ4v) is 3.15. The Morgan fingerprint density at radius 3 is 2.24 bits per heavy atom. The second-order valence-corrected chi connectivity index (χ2v) is 6.64. The lowest BCUT2D eigenvalue weighted by Crippen LogP contribution is -2.29. The Balaban J connectivity index is 1.84. The zero-order valence-electron chi connectivity index (χ0n) is 15.8. The molecule has 9 nitrogen and oxygen atoms in total. The zero-order chi connectivity index (χ0) is 21.0. The first-order valence-electron chi connectivity index (χ1n) is 9.04. The lowest BCUT2D eigenvalue weighted by Gasteiger charge is -2.24. The van der Waals surface area contributed by atoms with Crippen molar-refractivity contribution >= 4 is 28.1 Å². The van der Waals surface area contributed by atoms with Gasteiger partial charge in [0, 0.05) is 42.7 Å². The van der Waals surface area contributed by atoms with Gasteiger partial charge in [-0.1, -0.05) is 12.1 Å². The maximum Gasteiger partial charge on any atom is 0.270 e. The third-order valence-electron chi connectivity index (χ3n) is 4.71. The van der Waals surface area contributed by atoms with E-state index < -0.39 is 9.85 Å². The first kappa shape index (κ1) is 20.2. The van der Waals surface area contributed by atoms with Gasteiger partial charge < -0.3 is 10.0 Å². The van der Waals surface area contributed by atoms with Crippen LogP contribution in [-0.2, 0) is 6.42 Å². The van der Waals surface area contributed by atoms with Crippen molar-refractivity contribution in [3.63, 3.8) is 0 Å². The van der Waals surface area contributed by atoms with E-state index in [1.807, 2.05) is 17.9 Å². The van der Waals surface area contributed by atoms with Crippen LogP contribution in [0.1, 0.15) is 11.1 Å². The number of nitrogens with zero attached hydrogens (tertiary/aromatic N) is 4. The maximum absolute atomic E-state index is 11.0. The number of aryl methyl sites for hydroxylation is 1. The summed E-state index contributed by atoms with van der Waals surface area (Å²) in [6.45, 7) is 2.74. The molecule has 0 spiro atoms. The van der Waals surface area contributed by atoms with Crippen LogP contribution in [0.4, 0.5) is 17.2 Å². The molecule has 0 amide bonds. The van der Waals surface area contributed by atoms with Gasteiger partial charge >= 0.3 is 0 Å². The molecule has 0 aliphatic rings. The summed E-state index contributed by atoms with van der Waals surface area (Å²) in [6.07, 6.45) is 0.622. The molecule has 0 radical (unpaired) electrons. The van der Waals surface area contributed by atoms with Gasteiger partial charge in [0.2, 0.25) is 0 Å². The van der Waals surface area contributed by atoms with Gasteiger partial charge in [0.1, 0.15) is 5.82 Å². The summed E-state index contributed by atoms with van der Waals surface area (Å²) in [5.41, 5.74) is 2.49. The molecule has 0 aliphatic carbocycles. The average molecular weight is 396 g/mol. The number of aliphatic hydroxyl groups is 1. The second kappa shape index (κ2) is 8.61. The van der Waals surface area contributed by atoms with Crippen LogP contribution in [0.5, 0.6) is 0 Å². The van der Waals surface area contributed by atoms with Gasteiger partial charge in [-0.3, -0.25) is 20.2 Å². The molecule has 3 aromatic rings. The molecule has 0 saturated heterocycles. The van der Waals surface area contributed by atoms with Crippen molar-refractivity contribution in [3.05, 3.63) is 79.9 Å². The van der Waals surface area contributed by atoms with Crippen molar-refractivity contribution in [2.75, 3.05) is 24.6 Å². The minimum absolute atomic E-state index is 0.0144. The Labute approximate surface area is 166 Å². The number of hydrogen-bond acceptors (Lipinski definition) is 7. The molecule has 1 N–H and O–H groups in total. The van der Waals surface area contributed by atoms with Crippen LogP contribution in [0, 0.1) is 27.2 Å². The molecular weight excluding hydrogens is 376 g/mol. The van der Waals surface area contributed by atoms with E-state index in [0.717, 1.165) is 11.1 Å². The minimum atomic E-state index is -0.437. The Morgan fingerprint density at radius 1 is 0.966 bits per heavy atom. The number of fused-ring (bicyclic) bond motifs is 1. The number of benzene rings is 2. The summed E-state index contributed by atoms with van der Waals surface area (Å²) in [5, 5.41) is 31.9. The van der Waals surface area contributed by atoms with E-state index in [9.17, 15) is 25.3 Å². The predicted molar refractivity (Wildman–Crippen MR) is 109 cm³/mol. The number of nitro benzene ring substituents is 2. The summed E-state index contributed by atoms with van der Waals surface area (Å²) < 4.78 is 0. The smallest absolute Gasteiger partial charge is 0.270 e. The molecule has 0 fully saturated rings. The molecule has 3 rings (SSSR count). The molecule has 9 heteroatoms. The van der Waals surface area contributed by atoms with Gasteiger partial charge in [-0.05, 0) is 36.6 Å². The first-order chi connectivity index (χ1) is 13.9. The molecule has 0 atom stereocenters. The number of rotatable bonds is 8. The predicted octanol–water partition coefficient (Wildman–Crippen LogP) is 3.40. The number of aliphatic hydroxyl groups excluding tert-OH is 1. The fourth-order valence-electron chi connectivity index (χ4n) is 3.15. The number of non-ortho nitro benzene ring substituents is 2. The Bertz CT molecular complexity index is 1050. The highest BCUT2D eigenvalue weighted by molar-refractivity contribution is 5.86. The zero-order valence-corrected chi connectivity index (χ0v) is 15.8. The fraction of sp³-hybridized carbons (Fsp3) is 0.250. The maximum atomic E-state index is 11.0. The Morgan fingerprint density at radius 2 is 1.62 bits per heavy atom. The van der Waals surface area contributed by atoms with Crippen LogP contribution in [0.25, 0.3) is 10.9 Å². The quantitative estimate of drug-likeness (QED) is 0.457. The number of aromatic nitrogens is 1. The molecule has 0 unspecified atom stereocenters. The minimum Gasteiger partial charge on any atom is -0.395 e. The van der Waals surface area contributed by atoms with Gasteiger partial charge in [-0.15, -0.1) is 0 Å². The van der Waals surface area contributed by atoms with Crippen molar-refractivity contribution in [3.8, 4) is 0 Å². The molecule has 150 valence electrons. The third-order valence-corrected chi connectivity index (χ3v) is 4.71. The van der Waals surface area contributed by atoms with Gasteiger partial charge in [0.25, 0.3) is 11.4 Å². The highest BCUT2D eigenvalue weighted by Gasteiger charge is 2.14. The van der Waals surface area contributed by atoms with Gasteiger partial charge in [0.15, 0.2) is 0 Å². The molecule has 1 aromatic heterocycles. The number of pyridine rings is 1. The first-order valence-corrected chi connectivity index (χ1v) is 9.04. The van der Waals surface area contributed by atoms with Gasteiger partial charge in [-0.25, -0.2) is 4.98 Å². The van der Waals surface area contributed by atoms with E-state index >= 15 is 0 Å². The molecule has 0 bridgehead atoms. The Kier molecular flexibility index (Phi) is 5.99. The van der Waals surface area contributed by atoms with E-state index in [4.69, 9.17) is 0 Å². The topological polar surface area (TPSA) is 123 Å². The van der Waals surface area contributed by atoms with Crippen molar-refractivity contribution in [1.82, 2.24) is 4.98 Å². The van der Waals surface area contributed by atoms with Gasteiger partial charge in [0.05, 0.1) is 22.0 Å². The SMILES string of the molecule is Cc1cc(N(CCO)CCc2ccc([N+](=O)[O-])cc2)nc2ccc([N+](=O)[O-])cc12. The standard InChI is InChI=1S/C20H20N4O5/c1-14-12-20(21-19-7-6-17(24(28)29)13-18(14)19)22(10-11-25)9-8-15-2-4-16(5-3-15)23(26)27/h2-7,12-13,25H,8-11H2,1H3. The largest absolute Gasteiger partial charge is 0.395 e. The summed E-state index contributed by atoms with van der Waals surface area (Å²) >= 11 is 0. The van der Waals surface area contributed by atoms with E-state index in [2.05, 4.69) is 4.98 Å². The molecule has 2 aromatic carbocycles. The summed E-state index contributed by atoms with van der Waals surface area (Å²) in [4.78, 5) is 27.4. The highest BCUT2D eigenvalue weighted by Crippen LogP contribution is 2.26. The number of hydrogen-bond donors (Lipinski definition) is 1. The van der Waals surface area contributed by atoms with E-state index in [1.54, 1.807) is 18.2 Å². The van der Waals surface area contributed by atoms with Crippen LogP contribution >= 0.6 is 0 Å². The number of anilines is 1. The van der Waals surface area contributed by atoms with Crippen LogP contribution in [0.15, 0.2) is 48.5 Å². The van der Waals surface area contributed by atoms with Crippen LogP contribution < -0.4 is 4.90 Å². The molecular formula is C20H20N4O5. The lowest BCUT2D eigenvalue weighted by atomic mass is 10.1. The molecule has 0 saturated carbocycles. The monoisotopic (exact) mass is 396 g/mol. The molecule has 29 heavy (non-hydrogen) atoms. The van der Waals surface area contributed by atoms with E-state index in [1.165, 1.54) is 24.3 Å². The van der Waals surface area contributed by atoms with Crippen LogP contribution in [-0.4, -0.2) is 39.6 Å². The molecule has 1 heterocycles. The average Bonchev–Trinajstić information content (AvgIpc) is 2.71. The second-order valence-electron chi connectivity index (χ2n) is 6.64. The summed E-state index contributed by atoms with van der Waals surface area (Å²) in [6, 6.07) is 12.8. The van der Waals surface area contributed by atoms with E-state index in [-0.39, 0.29) is 18.0 Å². The summed E-state index contributed by atoms with van der Waals surface area (Å²) in [5.74, 6) is 0.666. The highest BCUT2D eigenvalue weighted by atomic mass is 16.6. The van der Waals surface area contributed by atoms with Crippen LogP contribution in [0.2, 0.25) is 0 Å². The Hall–Kier alpha value is -3.59. The molecule has 0 aliphatic heterocycles. The van der Waals surface area contributed by atoms with Crippen LogP contribution in [0.3, 0.4) is 0 Å². The van der Waals surface area contributed by atoms with Crippen molar-refractivity contribution in [2.45, 2.75) is 13.3 Å². The third kappa shape index (κ3) is 4.64. The number of nitro groups is 2. The normalized spacial score (nSPS) is 10.8. The van der Waals surface area contributed by atoms with Crippen molar-refractivity contribution in [2.24, 2.45) is 0 Å². The van der Waals surface area contributed by atoms with E-state index in [0.29, 0.717) is 36.2 Å².